The highest BCUT2D eigenvalue weighted by atomic mass is 79.9. The average Bonchev–Trinajstić information content (AvgIpc) is 2.58. The SMILES string of the molecule is N#CCc1c[nH]c2c(Br)ccc(Br)c12. The van der Waals surface area contributed by atoms with Crippen molar-refractivity contribution in [3.05, 3.63) is 32.8 Å². The molecule has 0 saturated heterocycles. The number of aromatic amines is 1. The van der Waals surface area contributed by atoms with Crippen LogP contribution in [0.3, 0.4) is 0 Å². The number of hydrogen-bond donors (Lipinski definition) is 1. The van der Waals surface area contributed by atoms with Gasteiger partial charge in [-0.25, -0.2) is 0 Å². The molecule has 1 aromatic carbocycles. The second-order valence-electron chi connectivity index (χ2n) is 2.93. The number of nitrogens with zero attached hydrogens (tertiary/aromatic N) is 1. The molecule has 1 aromatic heterocycles. The lowest BCUT2D eigenvalue weighted by atomic mass is 10.1. The van der Waals surface area contributed by atoms with Crippen LogP contribution in [0.4, 0.5) is 0 Å². The van der Waals surface area contributed by atoms with Gasteiger partial charge >= 0.3 is 0 Å². The van der Waals surface area contributed by atoms with Crippen molar-refractivity contribution in [2.24, 2.45) is 0 Å². The molecular formula is C10H6Br2N2. The molecule has 0 spiro atoms. The van der Waals surface area contributed by atoms with Gasteiger partial charge in [0, 0.05) is 20.5 Å². The molecule has 0 aliphatic heterocycles. The first-order valence-corrected chi connectivity index (χ1v) is 5.63. The van der Waals surface area contributed by atoms with Crippen LogP contribution in [0, 0.1) is 11.3 Å². The third-order valence-electron chi connectivity index (χ3n) is 2.09. The quantitative estimate of drug-likeness (QED) is 0.855. The van der Waals surface area contributed by atoms with E-state index in [2.05, 4.69) is 42.9 Å². The van der Waals surface area contributed by atoms with Crippen molar-refractivity contribution in [3.8, 4) is 6.07 Å². The average molecular weight is 314 g/mol. The number of aromatic nitrogens is 1. The van der Waals surface area contributed by atoms with Gasteiger partial charge in [0.05, 0.1) is 18.0 Å². The van der Waals surface area contributed by atoms with E-state index in [1.807, 2.05) is 18.3 Å². The number of H-pyrrole nitrogens is 1. The summed E-state index contributed by atoms with van der Waals surface area (Å²) in [6.45, 7) is 0. The third-order valence-corrected chi connectivity index (χ3v) is 3.41. The van der Waals surface area contributed by atoms with Crippen LogP contribution in [0.5, 0.6) is 0 Å². The normalized spacial score (nSPS) is 10.4. The number of hydrogen-bond acceptors (Lipinski definition) is 1. The van der Waals surface area contributed by atoms with E-state index in [9.17, 15) is 0 Å². The van der Waals surface area contributed by atoms with Crippen molar-refractivity contribution in [3.63, 3.8) is 0 Å². The van der Waals surface area contributed by atoms with E-state index < -0.39 is 0 Å². The predicted molar refractivity (Wildman–Crippen MR) is 63.0 cm³/mol. The monoisotopic (exact) mass is 312 g/mol. The zero-order chi connectivity index (χ0) is 10.1. The molecule has 2 nitrogen and oxygen atoms in total. The van der Waals surface area contributed by atoms with Crippen molar-refractivity contribution in [1.82, 2.24) is 4.98 Å². The van der Waals surface area contributed by atoms with Gasteiger partial charge in [0.15, 0.2) is 0 Å². The van der Waals surface area contributed by atoms with E-state index in [1.165, 1.54) is 0 Å². The second kappa shape index (κ2) is 3.76. The number of fused-ring (bicyclic) bond motifs is 1. The summed E-state index contributed by atoms with van der Waals surface area (Å²) in [5.41, 5.74) is 2.06. The van der Waals surface area contributed by atoms with E-state index in [0.717, 1.165) is 25.4 Å². The lowest BCUT2D eigenvalue weighted by molar-refractivity contribution is 1.27. The minimum atomic E-state index is 0.426. The van der Waals surface area contributed by atoms with E-state index in [1.54, 1.807) is 0 Å². The van der Waals surface area contributed by atoms with Gasteiger partial charge < -0.3 is 4.98 Å². The Morgan fingerprint density at radius 1 is 1.29 bits per heavy atom. The fourth-order valence-electron chi connectivity index (χ4n) is 1.46. The predicted octanol–water partition coefficient (Wildman–Crippen LogP) is 3.76. The second-order valence-corrected chi connectivity index (χ2v) is 4.64. The van der Waals surface area contributed by atoms with Gasteiger partial charge in [-0.15, -0.1) is 0 Å². The molecule has 4 heteroatoms. The summed E-state index contributed by atoms with van der Waals surface area (Å²) in [7, 11) is 0. The Morgan fingerprint density at radius 3 is 2.71 bits per heavy atom. The summed E-state index contributed by atoms with van der Waals surface area (Å²) in [4.78, 5) is 3.15. The minimum absolute atomic E-state index is 0.426. The zero-order valence-corrected chi connectivity index (χ0v) is 10.3. The molecule has 0 radical (unpaired) electrons. The third kappa shape index (κ3) is 1.47. The van der Waals surface area contributed by atoms with Crippen LogP contribution in [0.1, 0.15) is 5.56 Å². The molecule has 0 saturated carbocycles. The Balaban J connectivity index is 2.78. The molecule has 0 atom stereocenters. The van der Waals surface area contributed by atoms with Gasteiger partial charge in [0.1, 0.15) is 0 Å². The fourth-order valence-corrected chi connectivity index (χ4v) is 2.49. The minimum Gasteiger partial charge on any atom is -0.360 e. The van der Waals surface area contributed by atoms with E-state index >= 15 is 0 Å². The van der Waals surface area contributed by atoms with Crippen molar-refractivity contribution in [1.29, 1.82) is 5.26 Å². The number of rotatable bonds is 1. The summed E-state index contributed by atoms with van der Waals surface area (Å²) in [6.07, 6.45) is 2.30. The van der Waals surface area contributed by atoms with E-state index in [4.69, 9.17) is 5.26 Å². The maximum Gasteiger partial charge on any atom is 0.0670 e. The van der Waals surface area contributed by atoms with Crippen LogP contribution in [0.25, 0.3) is 10.9 Å². The smallest absolute Gasteiger partial charge is 0.0670 e. The van der Waals surface area contributed by atoms with Crippen LogP contribution < -0.4 is 0 Å². The first-order valence-electron chi connectivity index (χ1n) is 4.05. The topological polar surface area (TPSA) is 39.6 Å². The lowest BCUT2D eigenvalue weighted by Crippen LogP contribution is -1.79. The number of nitriles is 1. The zero-order valence-electron chi connectivity index (χ0n) is 7.14. The Labute approximate surface area is 98.2 Å². The number of halogens is 2. The van der Waals surface area contributed by atoms with Crippen molar-refractivity contribution in [2.75, 3.05) is 0 Å². The highest BCUT2D eigenvalue weighted by Gasteiger charge is 2.09. The van der Waals surface area contributed by atoms with Crippen molar-refractivity contribution >= 4 is 42.8 Å². The molecule has 0 unspecified atom stereocenters. The largest absolute Gasteiger partial charge is 0.360 e. The highest BCUT2D eigenvalue weighted by Crippen LogP contribution is 2.32. The van der Waals surface area contributed by atoms with Gasteiger partial charge in [0.25, 0.3) is 0 Å². The lowest BCUT2D eigenvalue weighted by Gasteiger charge is -1.98. The molecule has 0 aliphatic carbocycles. The maximum absolute atomic E-state index is 8.67. The molecule has 0 bridgehead atoms. The standard InChI is InChI=1S/C10H6Br2N2/c11-7-1-2-8(12)10-9(7)6(3-4-13)5-14-10/h1-2,5,14H,3H2. The summed E-state index contributed by atoms with van der Waals surface area (Å²) in [5, 5.41) is 9.75. The van der Waals surface area contributed by atoms with Crippen LogP contribution in [0.15, 0.2) is 27.3 Å². The molecule has 0 fully saturated rings. The first-order chi connectivity index (χ1) is 6.74. The summed E-state index contributed by atoms with van der Waals surface area (Å²) >= 11 is 6.94. The van der Waals surface area contributed by atoms with Gasteiger partial charge in [-0.1, -0.05) is 15.9 Å². The van der Waals surface area contributed by atoms with Gasteiger partial charge in [0.2, 0.25) is 0 Å². The first kappa shape index (κ1) is 9.75. The Kier molecular flexibility index (Phi) is 2.62. The van der Waals surface area contributed by atoms with E-state index in [0.29, 0.717) is 6.42 Å². The fraction of sp³-hybridized carbons (Fsp3) is 0.100. The summed E-state index contributed by atoms with van der Waals surface area (Å²) in [5.74, 6) is 0. The summed E-state index contributed by atoms with van der Waals surface area (Å²) < 4.78 is 2.03. The highest BCUT2D eigenvalue weighted by molar-refractivity contribution is 9.11. The van der Waals surface area contributed by atoms with Crippen LogP contribution >= 0.6 is 31.9 Å². The van der Waals surface area contributed by atoms with Crippen LogP contribution in [-0.2, 0) is 6.42 Å². The van der Waals surface area contributed by atoms with Crippen LogP contribution in [0.2, 0.25) is 0 Å². The summed E-state index contributed by atoms with van der Waals surface area (Å²) in [6, 6.07) is 6.10. The Hall–Kier alpha value is -0.790. The molecule has 2 rings (SSSR count). The van der Waals surface area contributed by atoms with Crippen molar-refractivity contribution < 1.29 is 0 Å². The molecule has 2 aromatic rings. The Morgan fingerprint density at radius 2 is 2.00 bits per heavy atom. The van der Waals surface area contributed by atoms with Crippen LogP contribution in [-0.4, -0.2) is 4.98 Å². The molecule has 14 heavy (non-hydrogen) atoms. The van der Waals surface area contributed by atoms with E-state index in [-0.39, 0.29) is 0 Å². The van der Waals surface area contributed by atoms with Crippen molar-refractivity contribution in [2.45, 2.75) is 6.42 Å². The molecule has 0 amide bonds. The molecule has 1 N–H and O–H groups in total. The maximum atomic E-state index is 8.67. The Bertz CT molecular complexity index is 523. The number of benzene rings is 1. The van der Waals surface area contributed by atoms with Gasteiger partial charge in [-0.05, 0) is 33.6 Å². The molecule has 1 heterocycles. The molecule has 0 aliphatic rings. The molecular weight excluding hydrogens is 308 g/mol. The van der Waals surface area contributed by atoms with Gasteiger partial charge in [-0.3, -0.25) is 0 Å². The number of nitrogens with one attached hydrogen (secondary N) is 1. The molecule has 70 valence electrons. The van der Waals surface area contributed by atoms with Gasteiger partial charge in [-0.2, -0.15) is 5.26 Å².